The van der Waals surface area contributed by atoms with E-state index in [9.17, 15) is 2.74 Å². The number of aromatic nitrogens is 2. The largest absolute Gasteiger partial charge is 0.455 e. The van der Waals surface area contributed by atoms with Crippen molar-refractivity contribution < 1.29 is 23.6 Å². The van der Waals surface area contributed by atoms with E-state index in [-0.39, 0.29) is 60.9 Å². The molecule has 0 aliphatic rings. The molecule has 0 saturated carbocycles. The fourth-order valence-electron chi connectivity index (χ4n) is 6.09. The summed E-state index contributed by atoms with van der Waals surface area (Å²) in [5.74, 6) is 0. The molecule has 3 nitrogen and oxygen atoms in total. The predicted molar refractivity (Wildman–Crippen MR) is 182 cm³/mol. The Labute approximate surface area is 269 Å². The Balaban J connectivity index is 1.44. The van der Waals surface area contributed by atoms with Gasteiger partial charge in [0, 0.05) is 16.2 Å². The van der Waals surface area contributed by atoms with Crippen LogP contribution in [0, 0.1) is 0 Å². The Morgan fingerprint density at radius 2 is 1.49 bits per heavy atom. The molecule has 0 atom stereocenters. The molecule has 3 heterocycles. The first-order chi connectivity index (χ1) is 27.1. The van der Waals surface area contributed by atoms with Gasteiger partial charge in [-0.2, -0.15) is 0 Å². The van der Waals surface area contributed by atoms with Gasteiger partial charge in [0.25, 0.3) is 0 Å². The summed E-state index contributed by atoms with van der Waals surface area (Å²) in [5.41, 5.74) is 1.46. The molecule has 7 aromatic carbocycles. The molecule has 0 amide bonds. The number of nitrogens with zero attached hydrogens (tertiary/aromatic N) is 2. The predicted octanol–water partition coefficient (Wildman–Crippen LogP) is 11.3. The van der Waals surface area contributed by atoms with Gasteiger partial charge in [-0.25, -0.2) is 4.98 Å². The summed E-state index contributed by atoms with van der Waals surface area (Å²) in [6, 6.07) is 7.79. The number of para-hydroxylation sites is 2. The van der Waals surface area contributed by atoms with Crippen molar-refractivity contribution in [2.75, 3.05) is 0 Å². The number of benzene rings is 7. The van der Waals surface area contributed by atoms with E-state index < -0.39 is 66.5 Å². The molecule has 0 bridgehead atoms. The van der Waals surface area contributed by atoms with Crippen molar-refractivity contribution >= 4 is 86.8 Å². The van der Waals surface area contributed by atoms with E-state index in [0.29, 0.717) is 38.2 Å². The van der Waals surface area contributed by atoms with Crippen molar-refractivity contribution in [2.45, 2.75) is 0 Å². The van der Waals surface area contributed by atoms with Crippen LogP contribution in [-0.4, -0.2) is 9.55 Å². The molecule has 0 spiro atoms. The summed E-state index contributed by atoms with van der Waals surface area (Å²) < 4.78 is 131. The van der Waals surface area contributed by atoms with Crippen LogP contribution in [0.2, 0.25) is 0 Å². The molecule has 3 aromatic heterocycles. The normalized spacial score (nSPS) is 16.7. The molecule has 10 rings (SSSR count). The summed E-state index contributed by atoms with van der Waals surface area (Å²) in [7, 11) is 0. The van der Waals surface area contributed by atoms with Crippen LogP contribution >= 0.6 is 11.3 Å². The molecular weight excluding hydrogens is 545 g/mol. The second-order valence-corrected chi connectivity index (χ2v) is 11.1. The SMILES string of the molecule is [2H]c1c([2H])c([2H])c2sc(-c3cc4ccccc4c4c3oc3cccc(-n5c6c([2H])c([2H])c([2H])c([2H])c6c6c7c([2H])c([2H])c([2H])c([2H])c7c([2H])c([2H])c65)c34)nc2c1[2H]. The quantitative estimate of drug-likeness (QED) is 0.204. The lowest BCUT2D eigenvalue weighted by atomic mass is 9.99. The van der Waals surface area contributed by atoms with Gasteiger partial charge in [0.05, 0.1) is 57.1 Å². The molecule has 0 aliphatic carbocycles. The standard InChI is InChI=1S/C39H22N2OS/c1-3-12-25-23(10-1)20-21-32-35(25)27-14-5-7-16-30(27)41(32)31-17-9-18-33-37(31)36-26-13-4-2-11-24(26)22-28(38(36)42-33)39-40-29-15-6-8-19-34(29)43-39/h1-22H/i1D,3D,5D,6D,7D,8D,10D,12D,14D,15D,16D,19D,20D,21D. The smallest absolute Gasteiger partial charge is 0.146 e. The molecule has 10 aromatic rings. The zero-order chi connectivity index (χ0) is 40.3. The highest BCUT2D eigenvalue weighted by Crippen LogP contribution is 2.46. The number of fused-ring (bicyclic) bond motifs is 11. The third-order valence-electron chi connectivity index (χ3n) is 7.83. The molecular formula is C39H22N2OS. The fourth-order valence-corrected chi connectivity index (χ4v) is 6.98. The second-order valence-electron chi connectivity index (χ2n) is 10.1. The minimum atomic E-state index is -0.603. The monoisotopic (exact) mass is 580 g/mol. The lowest BCUT2D eigenvalue weighted by molar-refractivity contribution is 0.670. The van der Waals surface area contributed by atoms with Crippen molar-refractivity contribution in [3.05, 3.63) is 133 Å². The maximum absolute atomic E-state index is 9.40. The average Bonchev–Trinajstić information content (AvgIpc) is 3.93. The van der Waals surface area contributed by atoms with Gasteiger partial charge in [0.1, 0.15) is 16.2 Å². The molecule has 0 saturated heterocycles. The maximum Gasteiger partial charge on any atom is 0.146 e. The second kappa shape index (κ2) is 8.54. The summed E-state index contributed by atoms with van der Waals surface area (Å²) in [6.45, 7) is 0. The first-order valence-electron chi connectivity index (χ1n) is 20.3. The van der Waals surface area contributed by atoms with Crippen molar-refractivity contribution in [3.8, 4) is 16.3 Å². The number of hydrogen-bond donors (Lipinski definition) is 0. The van der Waals surface area contributed by atoms with Crippen LogP contribution < -0.4 is 0 Å². The zero-order valence-electron chi connectivity index (χ0n) is 35.8. The minimum Gasteiger partial charge on any atom is -0.455 e. The van der Waals surface area contributed by atoms with Crippen LogP contribution in [0.5, 0.6) is 0 Å². The van der Waals surface area contributed by atoms with Crippen LogP contribution in [-0.2, 0) is 0 Å². The molecule has 200 valence electrons. The van der Waals surface area contributed by atoms with E-state index in [1.807, 2.05) is 30.3 Å². The van der Waals surface area contributed by atoms with Gasteiger partial charge in [-0.15, -0.1) is 11.3 Å². The van der Waals surface area contributed by atoms with Gasteiger partial charge in [0.2, 0.25) is 0 Å². The Morgan fingerprint density at radius 1 is 0.651 bits per heavy atom. The topological polar surface area (TPSA) is 31.0 Å². The van der Waals surface area contributed by atoms with Gasteiger partial charge in [-0.3, -0.25) is 0 Å². The highest BCUT2D eigenvalue weighted by Gasteiger charge is 2.23. The highest BCUT2D eigenvalue weighted by molar-refractivity contribution is 7.21. The van der Waals surface area contributed by atoms with E-state index >= 15 is 0 Å². The molecule has 0 fully saturated rings. The Morgan fingerprint density at radius 3 is 2.47 bits per heavy atom. The lowest BCUT2D eigenvalue weighted by Crippen LogP contribution is -1.94. The van der Waals surface area contributed by atoms with Crippen LogP contribution in [0.4, 0.5) is 0 Å². The van der Waals surface area contributed by atoms with E-state index in [1.165, 1.54) is 4.57 Å². The van der Waals surface area contributed by atoms with Crippen molar-refractivity contribution in [2.24, 2.45) is 0 Å². The Bertz CT molecular complexity index is 3490. The first kappa shape index (κ1) is 13.7. The Kier molecular flexibility index (Phi) is 2.72. The molecule has 0 aliphatic heterocycles. The van der Waals surface area contributed by atoms with E-state index in [0.717, 1.165) is 22.1 Å². The van der Waals surface area contributed by atoms with Gasteiger partial charge in [-0.05, 0) is 63.9 Å². The fraction of sp³-hybridized carbons (Fsp3) is 0. The van der Waals surface area contributed by atoms with E-state index in [4.69, 9.17) is 25.9 Å². The zero-order valence-corrected chi connectivity index (χ0v) is 22.6. The summed E-state index contributed by atoms with van der Waals surface area (Å²) >= 11 is 1.09. The number of thiazole rings is 1. The van der Waals surface area contributed by atoms with Crippen molar-refractivity contribution in [1.82, 2.24) is 9.55 Å². The number of rotatable bonds is 2. The first-order valence-corrected chi connectivity index (χ1v) is 14.1. The van der Waals surface area contributed by atoms with Gasteiger partial charge < -0.3 is 8.98 Å². The number of furan rings is 1. The minimum absolute atomic E-state index is 0.0234. The molecule has 0 unspecified atom stereocenters. The van der Waals surface area contributed by atoms with Crippen molar-refractivity contribution in [1.29, 1.82) is 0 Å². The van der Waals surface area contributed by atoms with Crippen LogP contribution in [0.15, 0.2) is 138 Å². The van der Waals surface area contributed by atoms with Gasteiger partial charge in [0.15, 0.2) is 0 Å². The maximum atomic E-state index is 9.40. The van der Waals surface area contributed by atoms with Gasteiger partial charge in [-0.1, -0.05) is 90.8 Å². The molecule has 43 heavy (non-hydrogen) atoms. The molecule has 0 N–H and O–H groups in total. The summed E-state index contributed by atoms with van der Waals surface area (Å²) in [5, 5.41) is 2.37. The molecule has 4 heteroatoms. The van der Waals surface area contributed by atoms with Crippen molar-refractivity contribution in [3.63, 3.8) is 0 Å². The van der Waals surface area contributed by atoms with Crippen LogP contribution in [0.1, 0.15) is 19.2 Å². The van der Waals surface area contributed by atoms with Crippen LogP contribution in [0.25, 0.3) is 91.8 Å². The molecule has 0 radical (unpaired) electrons. The number of hydrogen-bond acceptors (Lipinski definition) is 3. The lowest BCUT2D eigenvalue weighted by Gasteiger charge is -2.11. The van der Waals surface area contributed by atoms with Crippen LogP contribution in [0.3, 0.4) is 0 Å². The summed E-state index contributed by atoms with van der Waals surface area (Å²) in [4.78, 5) is 4.70. The third-order valence-corrected chi connectivity index (χ3v) is 8.84. The Hall–Kier alpha value is -5.45. The average molecular weight is 581 g/mol. The third kappa shape index (κ3) is 3.16. The van der Waals surface area contributed by atoms with E-state index in [1.54, 1.807) is 18.2 Å². The highest BCUT2D eigenvalue weighted by atomic mass is 32.1. The van der Waals surface area contributed by atoms with E-state index in [2.05, 4.69) is 0 Å². The van der Waals surface area contributed by atoms with Gasteiger partial charge >= 0.3 is 0 Å². The summed E-state index contributed by atoms with van der Waals surface area (Å²) in [6.07, 6.45) is 0.